The van der Waals surface area contributed by atoms with E-state index in [1.165, 1.54) is 56.1 Å². The summed E-state index contributed by atoms with van der Waals surface area (Å²) in [5.74, 6) is 0. The minimum Gasteiger partial charge on any atom is -0.310 e. The first-order valence-electron chi connectivity index (χ1n) is 8.64. The third-order valence-electron chi connectivity index (χ3n) is 4.11. The van der Waals surface area contributed by atoms with Gasteiger partial charge in [0.2, 0.25) is 0 Å². The van der Waals surface area contributed by atoms with Crippen molar-refractivity contribution in [2.45, 2.75) is 78.2 Å². The molecule has 0 aliphatic carbocycles. The van der Waals surface area contributed by atoms with Crippen molar-refractivity contribution in [1.82, 2.24) is 5.32 Å². The van der Waals surface area contributed by atoms with E-state index < -0.39 is 0 Å². The molecule has 0 aliphatic heterocycles. The molecular weight excluding hydrogens is 242 g/mol. The zero-order valence-electron chi connectivity index (χ0n) is 13.8. The van der Waals surface area contributed by atoms with Gasteiger partial charge in [0.15, 0.2) is 0 Å². The number of unbranched alkanes of at least 4 members (excludes halogenated alkanes) is 5. The molecule has 1 rings (SSSR count). The lowest BCUT2D eigenvalue weighted by molar-refractivity contribution is 0.474. The van der Waals surface area contributed by atoms with Gasteiger partial charge < -0.3 is 5.32 Å². The van der Waals surface area contributed by atoms with Crippen molar-refractivity contribution < 1.29 is 0 Å². The third-order valence-corrected chi connectivity index (χ3v) is 4.11. The topological polar surface area (TPSA) is 12.0 Å². The maximum absolute atomic E-state index is 3.68. The van der Waals surface area contributed by atoms with Crippen LogP contribution in [0.25, 0.3) is 0 Å². The van der Waals surface area contributed by atoms with Gasteiger partial charge in [-0.2, -0.15) is 0 Å². The molecule has 1 aromatic rings. The zero-order valence-corrected chi connectivity index (χ0v) is 13.8. The standard InChI is InChI=1S/C19H33N/c1-4-7-8-9-10-11-16-19(20-6-3)18-15-13-12-14-17(18)5-2/h12-15,19-20H,4-11,16H2,1-3H3. The van der Waals surface area contributed by atoms with E-state index in [1.807, 2.05) is 0 Å². The first-order chi connectivity index (χ1) is 9.83. The summed E-state index contributed by atoms with van der Waals surface area (Å²) in [6.45, 7) is 7.80. The van der Waals surface area contributed by atoms with Crippen molar-refractivity contribution in [3.8, 4) is 0 Å². The molecule has 0 aliphatic rings. The molecular formula is C19H33N. The van der Waals surface area contributed by atoms with E-state index in [9.17, 15) is 0 Å². The molecule has 1 unspecified atom stereocenters. The Morgan fingerprint density at radius 3 is 2.30 bits per heavy atom. The smallest absolute Gasteiger partial charge is 0.0322 e. The molecule has 0 heterocycles. The normalized spacial score (nSPS) is 12.6. The maximum atomic E-state index is 3.68. The molecule has 0 saturated carbocycles. The lowest BCUT2D eigenvalue weighted by Crippen LogP contribution is -2.22. The first kappa shape index (κ1) is 17.2. The fraction of sp³-hybridized carbons (Fsp3) is 0.684. The van der Waals surface area contributed by atoms with Crippen LogP contribution in [0.1, 0.15) is 82.9 Å². The van der Waals surface area contributed by atoms with E-state index in [0.717, 1.165) is 13.0 Å². The molecule has 0 amide bonds. The average molecular weight is 275 g/mol. The number of benzene rings is 1. The van der Waals surface area contributed by atoms with Crippen molar-refractivity contribution in [1.29, 1.82) is 0 Å². The predicted molar refractivity (Wildman–Crippen MR) is 90.2 cm³/mol. The molecule has 1 nitrogen and oxygen atoms in total. The molecule has 1 atom stereocenters. The minimum absolute atomic E-state index is 0.544. The lowest BCUT2D eigenvalue weighted by Gasteiger charge is -2.21. The zero-order chi connectivity index (χ0) is 14.6. The highest BCUT2D eigenvalue weighted by molar-refractivity contribution is 5.30. The van der Waals surface area contributed by atoms with Gasteiger partial charge in [-0.15, -0.1) is 0 Å². The fourth-order valence-corrected chi connectivity index (χ4v) is 2.94. The van der Waals surface area contributed by atoms with Crippen LogP contribution in [0.5, 0.6) is 0 Å². The second-order valence-electron chi connectivity index (χ2n) is 5.72. The Hall–Kier alpha value is -0.820. The van der Waals surface area contributed by atoms with E-state index in [4.69, 9.17) is 0 Å². The Balaban J connectivity index is 2.47. The summed E-state index contributed by atoms with van der Waals surface area (Å²) in [5, 5.41) is 3.68. The number of hydrogen-bond donors (Lipinski definition) is 1. The van der Waals surface area contributed by atoms with Crippen LogP contribution in [-0.2, 0) is 6.42 Å². The first-order valence-corrected chi connectivity index (χ1v) is 8.64. The van der Waals surface area contributed by atoms with Gasteiger partial charge >= 0.3 is 0 Å². The van der Waals surface area contributed by atoms with Gasteiger partial charge in [-0.3, -0.25) is 0 Å². The summed E-state index contributed by atoms with van der Waals surface area (Å²) in [4.78, 5) is 0. The van der Waals surface area contributed by atoms with Crippen LogP contribution >= 0.6 is 0 Å². The third kappa shape index (κ3) is 6.09. The van der Waals surface area contributed by atoms with Gasteiger partial charge in [-0.05, 0) is 30.5 Å². The van der Waals surface area contributed by atoms with E-state index in [2.05, 4.69) is 50.4 Å². The summed E-state index contributed by atoms with van der Waals surface area (Å²) in [6.07, 6.45) is 10.7. The van der Waals surface area contributed by atoms with Crippen LogP contribution in [0, 0.1) is 0 Å². The van der Waals surface area contributed by atoms with Gasteiger partial charge in [0.05, 0.1) is 0 Å². The molecule has 0 aromatic heterocycles. The number of hydrogen-bond acceptors (Lipinski definition) is 1. The Bertz CT molecular complexity index is 345. The highest BCUT2D eigenvalue weighted by Crippen LogP contribution is 2.24. The molecule has 1 N–H and O–H groups in total. The Kier molecular flexibility index (Phi) is 9.40. The molecule has 1 heteroatoms. The molecule has 20 heavy (non-hydrogen) atoms. The molecule has 1 aromatic carbocycles. The summed E-state index contributed by atoms with van der Waals surface area (Å²) in [5.41, 5.74) is 3.02. The van der Waals surface area contributed by atoms with Crippen molar-refractivity contribution in [3.05, 3.63) is 35.4 Å². The summed E-state index contributed by atoms with van der Waals surface area (Å²) < 4.78 is 0. The van der Waals surface area contributed by atoms with E-state index >= 15 is 0 Å². The van der Waals surface area contributed by atoms with Gasteiger partial charge in [-0.25, -0.2) is 0 Å². The molecule has 0 radical (unpaired) electrons. The van der Waals surface area contributed by atoms with Crippen LogP contribution in [-0.4, -0.2) is 6.54 Å². The SMILES string of the molecule is CCCCCCCCC(NCC)c1ccccc1CC. The highest BCUT2D eigenvalue weighted by atomic mass is 14.9. The van der Waals surface area contributed by atoms with Gasteiger partial charge in [-0.1, -0.05) is 83.6 Å². The van der Waals surface area contributed by atoms with Crippen LogP contribution < -0.4 is 5.32 Å². The molecule has 0 fully saturated rings. The van der Waals surface area contributed by atoms with Crippen LogP contribution in [0.4, 0.5) is 0 Å². The predicted octanol–water partition coefficient (Wildman–Crippen LogP) is 5.65. The molecule has 114 valence electrons. The van der Waals surface area contributed by atoms with Crippen LogP contribution in [0.2, 0.25) is 0 Å². The molecule has 0 bridgehead atoms. The second kappa shape index (κ2) is 10.9. The van der Waals surface area contributed by atoms with Crippen molar-refractivity contribution in [2.75, 3.05) is 6.54 Å². The van der Waals surface area contributed by atoms with Crippen LogP contribution in [0.3, 0.4) is 0 Å². The van der Waals surface area contributed by atoms with Crippen molar-refractivity contribution in [2.24, 2.45) is 0 Å². The Morgan fingerprint density at radius 2 is 1.60 bits per heavy atom. The Morgan fingerprint density at radius 1 is 0.900 bits per heavy atom. The summed E-state index contributed by atoms with van der Waals surface area (Å²) in [7, 11) is 0. The van der Waals surface area contributed by atoms with Crippen molar-refractivity contribution in [3.63, 3.8) is 0 Å². The quantitative estimate of drug-likeness (QED) is 0.514. The van der Waals surface area contributed by atoms with E-state index in [0.29, 0.717) is 6.04 Å². The highest BCUT2D eigenvalue weighted by Gasteiger charge is 2.12. The second-order valence-corrected chi connectivity index (χ2v) is 5.72. The van der Waals surface area contributed by atoms with Gasteiger partial charge in [0, 0.05) is 6.04 Å². The maximum Gasteiger partial charge on any atom is 0.0322 e. The van der Waals surface area contributed by atoms with Gasteiger partial charge in [0.25, 0.3) is 0 Å². The summed E-state index contributed by atoms with van der Waals surface area (Å²) >= 11 is 0. The van der Waals surface area contributed by atoms with Gasteiger partial charge in [0.1, 0.15) is 0 Å². The monoisotopic (exact) mass is 275 g/mol. The number of rotatable bonds is 11. The van der Waals surface area contributed by atoms with E-state index in [-0.39, 0.29) is 0 Å². The Labute approximate surface area is 126 Å². The minimum atomic E-state index is 0.544. The lowest BCUT2D eigenvalue weighted by atomic mass is 9.94. The molecule has 0 saturated heterocycles. The number of aryl methyl sites for hydroxylation is 1. The summed E-state index contributed by atoms with van der Waals surface area (Å²) in [6, 6.07) is 9.47. The average Bonchev–Trinajstić information content (AvgIpc) is 2.49. The fourth-order valence-electron chi connectivity index (χ4n) is 2.94. The largest absolute Gasteiger partial charge is 0.310 e. The van der Waals surface area contributed by atoms with Crippen molar-refractivity contribution >= 4 is 0 Å². The number of nitrogens with one attached hydrogen (secondary N) is 1. The molecule has 0 spiro atoms. The van der Waals surface area contributed by atoms with Crippen LogP contribution in [0.15, 0.2) is 24.3 Å². The van der Waals surface area contributed by atoms with E-state index in [1.54, 1.807) is 0 Å².